The molecule has 0 aromatic carbocycles. The smallest absolute Gasteiger partial charge is 0.186 e. The molecular weight excluding hydrogens is 120 g/mol. The minimum Gasteiger partial charge on any atom is -0.505 e. The zero-order chi connectivity index (χ0) is 7.44. The van der Waals surface area contributed by atoms with Crippen LogP contribution in [0.1, 0.15) is 0 Å². The summed E-state index contributed by atoms with van der Waals surface area (Å²) in [5, 5.41) is 13.0. The van der Waals surface area contributed by atoms with E-state index in [4.69, 9.17) is 16.7 Å². The lowest BCUT2D eigenvalue weighted by Crippen LogP contribution is -2.25. The molecule has 0 saturated heterocycles. The zero-order valence-electron chi connectivity index (χ0n) is 5.20. The maximum atomic E-state index is 8.54. The highest BCUT2D eigenvalue weighted by Gasteiger charge is 1.93. The molecule has 0 fully saturated rings. The van der Waals surface area contributed by atoms with Crippen molar-refractivity contribution in [3.63, 3.8) is 0 Å². The Labute approximate surface area is 53.2 Å². The van der Waals surface area contributed by atoms with Crippen LogP contribution in [0.3, 0.4) is 0 Å². The number of hydrogen-bond donors (Lipinski definition) is 3. The first-order chi connectivity index (χ1) is 4.04. The number of nitrogens with zero attached hydrogens (tertiary/aromatic N) is 2. The van der Waals surface area contributed by atoms with Gasteiger partial charge >= 0.3 is 0 Å². The third-order valence-corrected chi connectivity index (χ3v) is 0.561. The van der Waals surface area contributed by atoms with Gasteiger partial charge in [0, 0.05) is 7.05 Å². The van der Waals surface area contributed by atoms with Crippen molar-refractivity contribution in [1.29, 1.82) is 0 Å². The first-order valence-corrected chi connectivity index (χ1v) is 2.24. The van der Waals surface area contributed by atoms with Crippen LogP contribution in [-0.2, 0) is 0 Å². The second kappa shape index (κ2) is 2.93. The normalized spacial score (nSPS) is 11.1. The van der Waals surface area contributed by atoms with E-state index in [9.17, 15) is 0 Å². The lowest BCUT2D eigenvalue weighted by atomic mass is 10.5. The van der Waals surface area contributed by atoms with E-state index in [1.165, 1.54) is 7.05 Å². The van der Waals surface area contributed by atoms with Gasteiger partial charge in [0.2, 0.25) is 0 Å². The Kier molecular flexibility index (Phi) is 2.53. The molecule has 0 unspecified atom stereocenters. The molecule has 0 aromatic rings. The van der Waals surface area contributed by atoms with Gasteiger partial charge in [-0.2, -0.15) is 0 Å². The van der Waals surface area contributed by atoms with Gasteiger partial charge in [0.1, 0.15) is 0 Å². The molecule has 0 aliphatic carbocycles. The summed E-state index contributed by atoms with van der Waals surface area (Å²) in [6, 6.07) is 0. The van der Waals surface area contributed by atoms with Crippen LogP contribution >= 0.6 is 0 Å². The van der Waals surface area contributed by atoms with Gasteiger partial charge < -0.3 is 10.8 Å². The molecule has 0 heterocycles. The minimum atomic E-state index is -0.285. The molecule has 5 heteroatoms. The van der Waals surface area contributed by atoms with Gasteiger partial charge in [-0.3, -0.25) is 0 Å². The summed E-state index contributed by atoms with van der Waals surface area (Å²) in [5.74, 6) is 4.68. The summed E-state index contributed by atoms with van der Waals surface area (Å²) in [7, 11) is 1.48. The molecule has 0 radical (unpaired) electrons. The number of hydrogen-bond acceptors (Lipinski definition) is 4. The second-order valence-corrected chi connectivity index (χ2v) is 1.51. The summed E-state index contributed by atoms with van der Waals surface area (Å²) >= 11 is 0. The van der Waals surface area contributed by atoms with Crippen molar-refractivity contribution in [3.8, 4) is 0 Å². The molecule has 0 saturated carbocycles. The number of rotatable bonds is 2. The standard InChI is InChI=1S/C4H10N4O/c1-3(9)4(5)7-8(2)6/h9H,1,6H2,2H3,(H2,5,7). The highest BCUT2D eigenvalue weighted by molar-refractivity contribution is 5.93. The quantitative estimate of drug-likeness (QED) is 0.149. The molecule has 0 aliphatic heterocycles. The van der Waals surface area contributed by atoms with Crippen molar-refractivity contribution in [2.45, 2.75) is 0 Å². The number of hydrazine groups is 1. The van der Waals surface area contributed by atoms with Gasteiger partial charge in [-0.25, -0.2) is 11.0 Å². The largest absolute Gasteiger partial charge is 0.505 e. The SMILES string of the molecule is C=C(O)/C(N)=N/N(C)N. The molecular formula is C4H10N4O. The average Bonchev–Trinajstić information content (AvgIpc) is 1.63. The third-order valence-electron chi connectivity index (χ3n) is 0.561. The van der Waals surface area contributed by atoms with Crippen LogP contribution in [0.4, 0.5) is 0 Å². The molecule has 0 atom stereocenters. The highest BCUT2D eigenvalue weighted by atomic mass is 16.3. The van der Waals surface area contributed by atoms with Crippen molar-refractivity contribution in [2.24, 2.45) is 16.7 Å². The van der Waals surface area contributed by atoms with Crippen molar-refractivity contribution in [2.75, 3.05) is 7.05 Å². The van der Waals surface area contributed by atoms with E-state index in [0.29, 0.717) is 0 Å². The van der Waals surface area contributed by atoms with E-state index < -0.39 is 0 Å². The van der Waals surface area contributed by atoms with E-state index in [1.54, 1.807) is 0 Å². The van der Waals surface area contributed by atoms with Crippen LogP contribution in [0.5, 0.6) is 0 Å². The first-order valence-electron chi connectivity index (χ1n) is 2.24. The molecule has 0 aliphatic rings. The number of hydrazone groups is 1. The molecule has 0 spiro atoms. The molecule has 52 valence electrons. The number of nitrogens with two attached hydrogens (primary N) is 2. The molecule has 0 bridgehead atoms. The molecule has 5 N–H and O–H groups in total. The van der Waals surface area contributed by atoms with E-state index in [0.717, 1.165) is 5.12 Å². The van der Waals surface area contributed by atoms with Crippen molar-refractivity contribution in [1.82, 2.24) is 5.12 Å². The lowest BCUT2D eigenvalue weighted by molar-refractivity contribution is 0.365. The highest BCUT2D eigenvalue weighted by Crippen LogP contribution is 1.81. The van der Waals surface area contributed by atoms with Crippen LogP contribution in [0.2, 0.25) is 0 Å². The maximum Gasteiger partial charge on any atom is 0.186 e. The first kappa shape index (κ1) is 7.77. The Morgan fingerprint density at radius 3 is 2.33 bits per heavy atom. The second-order valence-electron chi connectivity index (χ2n) is 1.51. The van der Waals surface area contributed by atoms with E-state index in [1.807, 2.05) is 0 Å². The summed E-state index contributed by atoms with van der Waals surface area (Å²) in [5.41, 5.74) is 5.10. The number of amidine groups is 1. The molecule has 5 nitrogen and oxygen atoms in total. The lowest BCUT2D eigenvalue weighted by Gasteiger charge is -2.04. The van der Waals surface area contributed by atoms with Crippen LogP contribution in [0.15, 0.2) is 17.4 Å². The average molecular weight is 130 g/mol. The number of aliphatic hydroxyl groups excluding tert-OH is 1. The van der Waals surface area contributed by atoms with E-state index in [-0.39, 0.29) is 11.6 Å². The van der Waals surface area contributed by atoms with Crippen LogP contribution in [0, 0.1) is 0 Å². The third kappa shape index (κ3) is 3.36. The summed E-state index contributed by atoms with van der Waals surface area (Å²) in [6.45, 7) is 3.13. The number of aliphatic hydroxyl groups is 1. The van der Waals surface area contributed by atoms with Crippen molar-refractivity contribution in [3.05, 3.63) is 12.3 Å². The van der Waals surface area contributed by atoms with Crippen LogP contribution < -0.4 is 11.6 Å². The fourth-order valence-corrected chi connectivity index (χ4v) is 0.228. The molecule has 0 amide bonds. The fraction of sp³-hybridized carbons (Fsp3) is 0.250. The van der Waals surface area contributed by atoms with Gasteiger partial charge in [-0.1, -0.05) is 6.58 Å². The van der Waals surface area contributed by atoms with Gasteiger partial charge in [0.25, 0.3) is 0 Å². The minimum absolute atomic E-state index is 0.0833. The van der Waals surface area contributed by atoms with E-state index >= 15 is 0 Å². The van der Waals surface area contributed by atoms with Gasteiger partial charge in [-0.05, 0) is 0 Å². The van der Waals surface area contributed by atoms with Gasteiger partial charge in [0.05, 0.1) is 0 Å². The van der Waals surface area contributed by atoms with Crippen molar-refractivity contribution >= 4 is 5.84 Å². The Bertz CT molecular complexity index is 140. The summed E-state index contributed by atoms with van der Waals surface area (Å²) < 4.78 is 0. The van der Waals surface area contributed by atoms with Crippen LogP contribution in [-0.4, -0.2) is 23.1 Å². The predicted molar refractivity (Wildman–Crippen MR) is 35.3 cm³/mol. The Morgan fingerprint density at radius 1 is 1.78 bits per heavy atom. The monoisotopic (exact) mass is 130 g/mol. The Balaban J connectivity index is 4.00. The Hall–Kier alpha value is -1.23. The van der Waals surface area contributed by atoms with Gasteiger partial charge in [0.15, 0.2) is 11.6 Å². The topological polar surface area (TPSA) is 87.9 Å². The van der Waals surface area contributed by atoms with Gasteiger partial charge in [-0.15, -0.1) is 5.10 Å². The summed E-state index contributed by atoms with van der Waals surface area (Å²) in [6.07, 6.45) is 0. The molecule has 0 rings (SSSR count). The van der Waals surface area contributed by atoms with Crippen molar-refractivity contribution < 1.29 is 5.11 Å². The Morgan fingerprint density at radius 2 is 2.22 bits per heavy atom. The maximum absolute atomic E-state index is 8.54. The summed E-state index contributed by atoms with van der Waals surface area (Å²) in [4.78, 5) is 0. The van der Waals surface area contributed by atoms with E-state index in [2.05, 4.69) is 11.7 Å². The predicted octanol–water partition coefficient (Wildman–Crippen LogP) is -0.864. The fourth-order valence-electron chi connectivity index (χ4n) is 0.228. The molecule has 9 heavy (non-hydrogen) atoms. The zero-order valence-corrected chi connectivity index (χ0v) is 5.20. The molecule has 0 aromatic heterocycles. The van der Waals surface area contributed by atoms with Crippen LogP contribution in [0.25, 0.3) is 0 Å².